The summed E-state index contributed by atoms with van der Waals surface area (Å²) in [6.07, 6.45) is 1.77. The third-order valence-corrected chi connectivity index (χ3v) is 5.68. The molecule has 126 valence electrons. The molecule has 24 heavy (non-hydrogen) atoms. The van der Waals surface area contributed by atoms with Gasteiger partial charge in [-0.2, -0.15) is 0 Å². The molecule has 0 saturated heterocycles. The van der Waals surface area contributed by atoms with Crippen molar-refractivity contribution in [2.24, 2.45) is 0 Å². The molecule has 0 unspecified atom stereocenters. The fourth-order valence-corrected chi connectivity index (χ4v) is 4.34. The molecule has 0 fully saturated rings. The maximum absolute atomic E-state index is 10.2. The Bertz CT molecular complexity index is 833. The summed E-state index contributed by atoms with van der Waals surface area (Å²) in [4.78, 5) is 0. The van der Waals surface area contributed by atoms with Crippen LogP contribution in [0.2, 0.25) is 0 Å². The molecule has 0 aliphatic carbocycles. The first kappa shape index (κ1) is 15.1. The van der Waals surface area contributed by atoms with Crippen LogP contribution in [0.1, 0.15) is 22.7 Å². The van der Waals surface area contributed by atoms with Crippen LogP contribution in [0, 0.1) is 0 Å². The second-order valence-corrected chi connectivity index (χ2v) is 6.84. The topological polar surface area (TPSA) is 58.9 Å². The van der Waals surface area contributed by atoms with Crippen molar-refractivity contribution < 1.29 is 19.7 Å². The maximum atomic E-state index is 10.2. The van der Waals surface area contributed by atoms with E-state index in [9.17, 15) is 10.2 Å². The summed E-state index contributed by atoms with van der Waals surface area (Å²) in [6.45, 7) is 0.949. The normalized spacial score (nSPS) is 24.0. The molecule has 0 aromatic heterocycles. The van der Waals surface area contributed by atoms with Crippen molar-refractivity contribution in [2.75, 3.05) is 27.8 Å². The molecule has 0 spiro atoms. The van der Waals surface area contributed by atoms with Crippen molar-refractivity contribution in [3.8, 4) is 23.0 Å². The van der Waals surface area contributed by atoms with Crippen LogP contribution in [0.3, 0.4) is 0 Å². The molecule has 2 aromatic carbocycles. The second-order valence-electron chi connectivity index (χ2n) is 6.84. The van der Waals surface area contributed by atoms with Gasteiger partial charge in [0.25, 0.3) is 0 Å². The van der Waals surface area contributed by atoms with Crippen molar-refractivity contribution in [1.82, 2.24) is 4.48 Å². The molecule has 2 aliphatic heterocycles. The first-order valence-electron chi connectivity index (χ1n) is 8.13. The molecule has 5 nitrogen and oxygen atoms in total. The zero-order chi connectivity index (χ0) is 17.1. The molecule has 0 amide bonds. The minimum absolute atomic E-state index is 0.180. The Hall–Kier alpha value is -2.40. The van der Waals surface area contributed by atoms with Crippen molar-refractivity contribution >= 4 is 5.69 Å². The van der Waals surface area contributed by atoms with Crippen LogP contribution in [0.5, 0.6) is 23.0 Å². The molecule has 2 atom stereocenters. The Morgan fingerprint density at radius 1 is 0.958 bits per heavy atom. The Morgan fingerprint density at radius 3 is 2.25 bits per heavy atom. The summed E-state index contributed by atoms with van der Waals surface area (Å²) < 4.78 is 11.3. The Morgan fingerprint density at radius 2 is 1.58 bits per heavy atom. The third kappa shape index (κ3) is 1.91. The number of phenols is 2. The number of rotatable bonds is 2. The fraction of sp³-hybridized carbons (Fsp3) is 0.368. The van der Waals surface area contributed by atoms with Crippen LogP contribution in [-0.4, -0.2) is 38.0 Å². The van der Waals surface area contributed by atoms with Crippen LogP contribution >= 0.6 is 0 Å². The van der Waals surface area contributed by atoms with Gasteiger partial charge in [-0.05, 0) is 23.8 Å². The Labute approximate surface area is 141 Å². The molecular formula is C19H22NO4+. The summed E-state index contributed by atoms with van der Waals surface area (Å²) in [6, 6.07) is 7.80. The first-order valence-corrected chi connectivity index (χ1v) is 8.13. The molecule has 2 heterocycles. The van der Waals surface area contributed by atoms with E-state index in [4.69, 9.17) is 9.47 Å². The summed E-state index contributed by atoms with van der Waals surface area (Å²) in [5.41, 5.74) is 4.73. The zero-order valence-corrected chi connectivity index (χ0v) is 14.2. The number of nitrogens with zero attached hydrogens (tertiary/aromatic N) is 1. The molecule has 2 aromatic rings. The van der Waals surface area contributed by atoms with Gasteiger partial charge in [0.2, 0.25) is 0 Å². The highest BCUT2D eigenvalue weighted by Gasteiger charge is 2.48. The predicted molar refractivity (Wildman–Crippen MR) is 92.1 cm³/mol. The molecule has 5 heteroatoms. The molecule has 4 rings (SSSR count). The number of aromatic hydroxyl groups is 2. The van der Waals surface area contributed by atoms with Crippen LogP contribution < -0.4 is 14.0 Å². The number of methoxy groups -OCH3 is 2. The summed E-state index contributed by atoms with van der Waals surface area (Å²) in [7, 11) is 5.34. The standard InChI is InChI=1S/C19H21NO4/c1-20-5-4-11-7-18(23-2)16(21)9-13(11)15(20)6-12-8-19(24-3)17(22)10-14(12)20/h7-10,15H,4-6H2,1-3H3,(H-,21,22)/p+1/t15-,20-/m1/s1. The van der Waals surface area contributed by atoms with Crippen LogP contribution in [0.4, 0.5) is 5.69 Å². The monoisotopic (exact) mass is 328 g/mol. The SMILES string of the molecule is COc1cc2c(cc1O)[C@H]1Cc3cc(OC)c(O)cc3[N@@+]1(C)CC2. The van der Waals surface area contributed by atoms with Crippen molar-refractivity contribution in [1.29, 1.82) is 0 Å². The summed E-state index contributed by atoms with van der Waals surface area (Å²) in [5.74, 6) is 1.40. The Balaban J connectivity index is 1.85. The van der Waals surface area contributed by atoms with Gasteiger partial charge in [-0.3, -0.25) is 4.48 Å². The number of benzene rings is 2. The lowest BCUT2D eigenvalue weighted by Gasteiger charge is -2.41. The van der Waals surface area contributed by atoms with E-state index in [0.29, 0.717) is 11.5 Å². The van der Waals surface area contributed by atoms with Crippen LogP contribution in [-0.2, 0) is 12.8 Å². The number of ether oxygens (including phenoxy) is 2. The van der Waals surface area contributed by atoms with E-state index in [1.54, 1.807) is 14.2 Å². The van der Waals surface area contributed by atoms with Gasteiger partial charge in [-0.25, -0.2) is 0 Å². The van der Waals surface area contributed by atoms with Gasteiger partial charge in [-0.1, -0.05) is 0 Å². The van der Waals surface area contributed by atoms with Gasteiger partial charge in [-0.15, -0.1) is 0 Å². The highest BCUT2D eigenvalue weighted by molar-refractivity contribution is 5.65. The zero-order valence-electron chi connectivity index (χ0n) is 14.2. The van der Waals surface area contributed by atoms with E-state index in [1.807, 2.05) is 24.3 Å². The van der Waals surface area contributed by atoms with Gasteiger partial charge >= 0.3 is 0 Å². The molecule has 0 radical (unpaired) electrons. The lowest BCUT2D eigenvalue weighted by atomic mass is 9.90. The van der Waals surface area contributed by atoms with Crippen molar-refractivity contribution in [2.45, 2.75) is 18.9 Å². The molecule has 0 bridgehead atoms. The van der Waals surface area contributed by atoms with Crippen molar-refractivity contribution in [3.63, 3.8) is 0 Å². The van der Waals surface area contributed by atoms with Crippen molar-refractivity contribution in [3.05, 3.63) is 41.0 Å². The third-order valence-electron chi connectivity index (χ3n) is 5.68. The van der Waals surface area contributed by atoms with E-state index in [2.05, 4.69) is 7.05 Å². The van der Waals surface area contributed by atoms with Gasteiger partial charge in [0.15, 0.2) is 23.0 Å². The minimum atomic E-state index is 0.180. The summed E-state index contributed by atoms with van der Waals surface area (Å²) >= 11 is 0. The van der Waals surface area contributed by atoms with Gasteiger partial charge < -0.3 is 19.7 Å². The first-order chi connectivity index (χ1) is 11.5. The Kier molecular flexibility index (Phi) is 3.18. The average molecular weight is 328 g/mol. The smallest absolute Gasteiger partial charge is 0.163 e. The molecule has 0 saturated carbocycles. The largest absolute Gasteiger partial charge is 0.504 e. The highest BCUT2D eigenvalue weighted by Crippen LogP contribution is 2.52. The minimum Gasteiger partial charge on any atom is -0.504 e. The van der Waals surface area contributed by atoms with E-state index in [-0.39, 0.29) is 17.5 Å². The van der Waals surface area contributed by atoms with E-state index in [1.165, 1.54) is 11.1 Å². The quantitative estimate of drug-likeness (QED) is 0.832. The summed E-state index contributed by atoms with van der Waals surface area (Å²) in [5, 5.41) is 20.4. The molecule has 2 aliphatic rings. The van der Waals surface area contributed by atoms with E-state index >= 15 is 0 Å². The number of phenolic OH excluding ortho intramolecular Hbond substituents is 2. The lowest BCUT2D eigenvalue weighted by Crippen LogP contribution is -2.50. The molecular weight excluding hydrogens is 306 g/mol. The van der Waals surface area contributed by atoms with Gasteiger partial charge in [0.1, 0.15) is 11.7 Å². The van der Waals surface area contributed by atoms with Gasteiger partial charge in [0, 0.05) is 30.0 Å². The number of fused-ring (bicyclic) bond motifs is 5. The average Bonchev–Trinajstić information content (AvgIpc) is 2.86. The predicted octanol–water partition coefficient (Wildman–Crippen LogP) is 2.91. The highest BCUT2D eigenvalue weighted by atomic mass is 16.5. The fourth-order valence-electron chi connectivity index (χ4n) is 4.34. The number of hydrogen-bond donors (Lipinski definition) is 2. The van der Waals surface area contributed by atoms with Gasteiger partial charge in [0.05, 0.1) is 27.8 Å². The molecule has 2 N–H and O–H groups in total. The number of hydrogen-bond acceptors (Lipinski definition) is 4. The van der Waals surface area contributed by atoms with E-state index in [0.717, 1.165) is 35.1 Å². The van der Waals surface area contributed by atoms with E-state index < -0.39 is 0 Å². The number of quaternary nitrogens is 1. The van der Waals surface area contributed by atoms with Crippen LogP contribution in [0.15, 0.2) is 24.3 Å². The van der Waals surface area contributed by atoms with Crippen LogP contribution in [0.25, 0.3) is 0 Å². The number of likely N-dealkylation sites (N-methyl/N-ethyl adjacent to an activating group) is 1. The lowest BCUT2D eigenvalue weighted by molar-refractivity contribution is 0.251. The maximum Gasteiger partial charge on any atom is 0.163 e. The second kappa shape index (κ2) is 5.05.